The molecule has 0 fully saturated rings. The lowest BCUT2D eigenvalue weighted by atomic mass is 9.86. The highest BCUT2D eigenvalue weighted by molar-refractivity contribution is 9.11. The summed E-state index contributed by atoms with van der Waals surface area (Å²) in [6, 6.07) is 8.47. The lowest BCUT2D eigenvalue weighted by molar-refractivity contribution is 0.291. The van der Waals surface area contributed by atoms with E-state index in [0.717, 1.165) is 21.7 Å². The van der Waals surface area contributed by atoms with Crippen molar-refractivity contribution in [3.63, 3.8) is 0 Å². The molecule has 1 unspecified atom stereocenters. The van der Waals surface area contributed by atoms with Gasteiger partial charge in [-0.3, -0.25) is 0 Å². The van der Waals surface area contributed by atoms with Gasteiger partial charge in [0.25, 0.3) is 0 Å². The van der Waals surface area contributed by atoms with Crippen molar-refractivity contribution >= 4 is 38.9 Å². The Labute approximate surface area is 137 Å². The quantitative estimate of drug-likeness (QED) is 0.605. The first-order valence-corrected chi connectivity index (χ1v) is 8.60. The standard InChI is InChI=1S/C16H16BrClOS/c1-9-6-13(20-15(9)17)14(18)10-4-5-12-11(7-10)16(2,3)8-19-12/h4-7,14H,8H2,1-3H3. The van der Waals surface area contributed by atoms with Crippen molar-refractivity contribution in [1.29, 1.82) is 0 Å². The van der Waals surface area contributed by atoms with E-state index >= 15 is 0 Å². The molecule has 0 bridgehead atoms. The molecule has 3 rings (SSSR count). The number of hydrogen-bond donors (Lipinski definition) is 0. The largest absolute Gasteiger partial charge is 0.492 e. The van der Waals surface area contributed by atoms with Crippen LogP contribution in [0.4, 0.5) is 0 Å². The van der Waals surface area contributed by atoms with Gasteiger partial charge in [-0.1, -0.05) is 19.9 Å². The molecule has 1 aromatic heterocycles. The molecule has 1 atom stereocenters. The van der Waals surface area contributed by atoms with Crippen LogP contribution in [0.25, 0.3) is 0 Å². The van der Waals surface area contributed by atoms with E-state index in [0.29, 0.717) is 0 Å². The molecule has 1 aliphatic heterocycles. The molecule has 20 heavy (non-hydrogen) atoms. The van der Waals surface area contributed by atoms with Gasteiger partial charge in [0.05, 0.1) is 15.8 Å². The Balaban J connectivity index is 1.99. The highest BCUT2D eigenvalue weighted by Crippen LogP contribution is 2.43. The van der Waals surface area contributed by atoms with E-state index < -0.39 is 0 Å². The second kappa shape index (κ2) is 5.04. The van der Waals surface area contributed by atoms with Crippen LogP contribution in [0.5, 0.6) is 5.75 Å². The summed E-state index contributed by atoms with van der Waals surface area (Å²) in [5.41, 5.74) is 3.69. The van der Waals surface area contributed by atoms with E-state index in [2.05, 4.69) is 54.9 Å². The van der Waals surface area contributed by atoms with E-state index in [9.17, 15) is 0 Å². The molecule has 106 valence electrons. The number of benzene rings is 1. The third-order valence-corrected chi connectivity index (χ3v) is 6.56. The highest BCUT2D eigenvalue weighted by atomic mass is 79.9. The maximum absolute atomic E-state index is 6.66. The minimum Gasteiger partial charge on any atom is -0.492 e. The van der Waals surface area contributed by atoms with Gasteiger partial charge in [0.15, 0.2) is 0 Å². The van der Waals surface area contributed by atoms with Crippen LogP contribution < -0.4 is 4.74 Å². The SMILES string of the molecule is Cc1cc(C(Cl)c2ccc3c(c2)C(C)(C)CO3)sc1Br. The third kappa shape index (κ3) is 2.40. The Bertz CT molecular complexity index is 643. The zero-order valence-electron chi connectivity index (χ0n) is 11.7. The highest BCUT2D eigenvalue weighted by Gasteiger charge is 2.32. The first-order chi connectivity index (χ1) is 9.38. The Kier molecular flexibility index (Phi) is 3.64. The number of aryl methyl sites for hydroxylation is 1. The van der Waals surface area contributed by atoms with Gasteiger partial charge in [0.1, 0.15) is 5.75 Å². The van der Waals surface area contributed by atoms with E-state index in [1.165, 1.54) is 16.0 Å². The fourth-order valence-corrected chi connectivity index (χ4v) is 4.38. The number of halogens is 2. The summed E-state index contributed by atoms with van der Waals surface area (Å²) in [5.74, 6) is 0.992. The Morgan fingerprint density at radius 3 is 2.75 bits per heavy atom. The average Bonchev–Trinajstić information content (AvgIpc) is 2.90. The molecule has 0 aliphatic carbocycles. The van der Waals surface area contributed by atoms with Gasteiger partial charge in [-0.15, -0.1) is 22.9 Å². The Hall–Kier alpha value is -0.510. The summed E-state index contributed by atoms with van der Waals surface area (Å²) in [7, 11) is 0. The Morgan fingerprint density at radius 1 is 1.35 bits per heavy atom. The second-order valence-electron chi connectivity index (χ2n) is 5.90. The molecule has 2 heterocycles. The van der Waals surface area contributed by atoms with E-state index in [4.69, 9.17) is 16.3 Å². The van der Waals surface area contributed by atoms with Crippen LogP contribution in [0.2, 0.25) is 0 Å². The van der Waals surface area contributed by atoms with Crippen LogP contribution in [0.3, 0.4) is 0 Å². The number of hydrogen-bond acceptors (Lipinski definition) is 2. The zero-order chi connectivity index (χ0) is 14.5. The molecule has 0 saturated carbocycles. The van der Waals surface area contributed by atoms with E-state index in [-0.39, 0.29) is 10.8 Å². The summed E-state index contributed by atoms with van der Waals surface area (Å²) < 4.78 is 6.88. The summed E-state index contributed by atoms with van der Waals surface area (Å²) in [6.45, 7) is 7.24. The maximum Gasteiger partial charge on any atom is 0.123 e. The van der Waals surface area contributed by atoms with Crippen LogP contribution >= 0.6 is 38.9 Å². The average molecular weight is 372 g/mol. The summed E-state index contributed by atoms with van der Waals surface area (Å²) in [5, 5.41) is -0.105. The third-order valence-electron chi connectivity index (χ3n) is 3.74. The van der Waals surface area contributed by atoms with Gasteiger partial charge in [-0.05, 0) is 52.2 Å². The van der Waals surface area contributed by atoms with Gasteiger partial charge < -0.3 is 4.74 Å². The predicted molar refractivity (Wildman–Crippen MR) is 89.4 cm³/mol. The molecule has 1 aliphatic rings. The first kappa shape index (κ1) is 14.4. The molecule has 0 amide bonds. The van der Waals surface area contributed by atoms with Gasteiger partial charge in [0.2, 0.25) is 0 Å². The van der Waals surface area contributed by atoms with Crippen molar-refractivity contribution in [2.75, 3.05) is 6.61 Å². The van der Waals surface area contributed by atoms with Crippen LogP contribution in [0.1, 0.15) is 40.8 Å². The fourth-order valence-electron chi connectivity index (χ4n) is 2.47. The van der Waals surface area contributed by atoms with E-state index in [1.54, 1.807) is 11.3 Å². The molecule has 1 nitrogen and oxygen atoms in total. The Morgan fingerprint density at radius 2 is 2.10 bits per heavy atom. The topological polar surface area (TPSA) is 9.23 Å². The molecule has 2 aromatic rings. The molecule has 0 N–H and O–H groups in total. The van der Waals surface area contributed by atoms with Crippen LogP contribution in [-0.2, 0) is 5.41 Å². The lowest BCUT2D eigenvalue weighted by Crippen LogP contribution is -2.18. The van der Waals surface area contributed by atoms with Crippen molar-refractivity contribution in [2.24, 2.45) is 0 Å². The monoisotopic (exact) mass is 370 g/mol. The minimum atomic E-state index is -0.105. The number of thiophene rings is 1. The molecule has 0 radical (unpaired) electrons. The minimum absolute atomic E-state index is 0.0634. The second-order valence-corrected chi connectivity index (χ2v) is 8.73. The molecular formula is C16H16BrClOS. The first-order valence-electron chi connectivity index (χ1n) is 6.55. The van der Waals surface area contributed by atoms with Crippen molar-refractivity contribution < 1.29 is 4.74 Å². The van der Waals surface area contributed by atoms with Crippen LogP contribution in [0.15, 0.2) is 28.1 Å². The smallest absolute Gasteiger partial charge is 0.123 e. The molecule has 1 aromatic carbocycles. The number of fused-ring (bicyclic) bond motifs is 1. The van der Waals surface area contributed by atoms with Crippen LogP contribution in [0, 0.1) is 6.92 Å². The van der Waals surface area contributed by atoms with Crippen molar-refractivity contribution in [2.45, 2.75) is 31.6 Å². The van der Waals surface area contributed by atoms with Gasteiger partial charge in [-0.25, -0.2) is 0 Å². The van der Waals surface area contributed by atoms with Crippen LogP contribution in [-0.4, -0.2) is 6.61 Å². The number of ether oxygens (including phenoxy) is 1. The van der Waals surface area contributed by atoms with Gasteiger partial charge >= 0.3 is 0 Å². The maximum atomic E-state index is 6.66. The van der Waals surface area contributed by atoms with Gasteiger partial charge in [-0.2, -0.15) is 0 Å². The number of alkyl halides is 1. The van der Waals surface area contributed by atoms with Crippen molar-refractivity contribution in [3.05, 3.63) is 49.6 Å². The summed E-state index contributed by atoms with van der Waals surface area (Å²) in [4.78, 5) is 1.17. The summed E-state index contributed by atoms with van der Waals surface area (Å²) >= 11 is 11.9. The van der Waals surface area contributed by atoms with Crippen molar-refractivity contribution in [1.82, 2.24) is 0 Å². The molecular weight excluding hydrogens is 356 g/mol. The fraction of sp³-hybridized carbons (Fsp3) is 0.375. The van der Waals surface area contributed by atoms with E-state index in [1.807, 2.05) is 6.07 Å². The molecule has 4 heteroatoms. The van der Waals surface area contributed by atoms with Crippen molar-refractivity contribution in [3.8, 4) is 5.75 Å². The molecule has 0 spiro atoms. The number of rotatable bonds is 2. The zero-order valence-corrected chi connectivity index (χ0v) is 14.8. The summed E-state index contributed by atoms with van der Waals surface area (Å²) in [6.07, 6.45) is 0. The van der Waals surface area contributed by atoms with Gasteiger partial charge in [0, 0.05) is 15.9 Å². The predicted octanol–water partition coefficient (Wildman–Crippen LogP) is 5.82. The molecule has 0 saturated heterocycles. The lowest BCUT2D eigenvalue weighted by Gasteiger charge is -2.17. The normalized spacial score (nSPS) is 17.6.